The molecule has 0 aromatic heterocycles. The molecule has 1 N–H and O–H groups in total. The predicted molar refractivity (Wildman–Crippen MR) is 121 cm³/mol. The van der Waals surface area contributed by atoms with Crippen LogP contribution in [0.15, 0.2) is 46.2 Å². The summed E-state index contributed by atoms with van der Waals surface area (Å²) in [6.45, 7) is 2.30. The number of carbonyl (C=O) groups excluding carboxylic acids is 1. The second kappa shape index (κ2) is 9.40. The molecule has 1 saturated heterocycles. The maximum absolute atomic E-state index is 13.2. The van der Waals surface area contributed by atoms with Crippen molar-refractivity contribution >= 4 is 33.4 Å². The number of sulfonamides is 1. The molecule has 2 aromatic rings. The average Bonchev–Trinajstić information content (AvgIpc) is 3.07. The Balaban J connectivity index is 1.61. The molecule has 0 unspecified atom stereocenters. The number of amides is 1. The second-order valence-corrected chi connectivity index (χ2v) is 10.1. The Hall–Kier alpha value is -2.39. The smallest absolute Gasteiger partial charge is 0.261 e. The first-order valence-corrected chi connectivity index (χ1v) is 13.1. The van der Waals surface area contributed by atoms with Gasteiger partial charge in [-0.25, -0.2) is 8.42 Å². The number of nitrogens with one attached hydrogen (secondary N) is 1. The van der Waals surface area contributed by atoms with Crippen molar-refractivity contribution < 1.29 is 22.7 Å². The van der Waals surface area contributed by atoms with E-state index in [4.69, 9.17) is 9.47 Å². The molecule has 31 heavy (non-hydrogen) atoms. The fourth-order valence-electron chi connectivity index (χ4n) is 3.79. The van der Waals surface area contributed by atoms with Gasteiger partial charge in [0, 0.05) is 24.1 Å². The molecule has 9 heteroatoms. The molecule has 1 fully saturated rings. The van der Waals surface area contributed by atoms with Crippen LogP contribution in [0.3, 0.4) is 0 Å². The molecule has 166 valence electrons. The minimum absolute atomic E-state index is 0.0540. The summed E-state index contributed by atoms with van der Waals surface area (Å²) in [5.74, 6) is 0.979. The van der Waals surface area contributed by atoms with Gasteiger partial charge in [0.2, 0.25) is 0 Å². The van der Waals surface area contributed by atoms with E-state index < -0.39 is 10.0 Å². The predicted octanol–water partition coefficient (Wildman–Crippen LogP) is 4.00. The molecule has 2 heterocycles. The molecule has 0 radical (unpaired) electrons. The summed E-state index contributed by atoms with van der Waals surface area (Å²) in [7, 11) is -3.89. The van der Waals surface area contributed by atoms with Crippen molar-refractivity contribution in [3.05, 3.63) is 42.0 Å². The van der Waals surface area contributed by atoms with Gasteiger partial charge in [0.15, 0.2) is 11.5 Å². The zero-order valence-electron chi connectivity index (χ0n) is 17.4. The van der Waals surface area contributed by atoms with Crippen molar-refractivity contribution in [2.75, 3.05) is 37.3 Å². The van der Waals surface area contributed by atoms with Crippen LogP contribution in [0.4, 0.5) is 5.69 Å². The minimum Gasteiger partial charge on any atom is -0.486 e. The molecular weight excluding hydrogens is 436 g/mol. The van der Waals surface area contributed by atoms with Gasteiger partial charge in [-0.3, -0.25) is 9.52 Å². The van der Waals surface area contributed by atoms with E-state index in [-0.39, 0.29) is 10.8 Å². The number of nitrogens with zero attached hydrogens (tertiary/aromatic N) is 1. The summed E-state index contributed by atoms with van der Waals surface area (Å²) >= 11 is 1.44. The Morgan fingerprint density at radius 3 is 2.39 bits per heavy atom. The maximum Gasteiger partial charge on any atom is 0.261 e. The van der Waals surface area contributed by atoms with E-state index in [1.165, 1.54) is 23.9 Å². The summed E-state index contributed by atoms with van der Waals surface area (Å²) in [4.78, 5) is 15.9. The lowest BCUT2D eigenvalue weighted by Crippen LogP contribution is -2.32. The van der Waals surface area contributed by atoms with Crippen LogP contribution in [0.25, 0.3) is 0 Å². The van der Waals surface area contributed by atoms with Crippen LogP contribution in [0.1, 0.15) is 36.0 Å². The van der Waals surface area contributed by atoms with Gasteiger partial charge in [0.1, 0.15) is 13.2 Å². The van der Waals surface area contributed by atoms with Gasteiger partial charge >= 0.3 is 0 Å². The van der Waals surface area contributed by atoms with Crippen molar-refractivity contribution in [1.82, 2.24) is 4.90 Å². The topological polar surface area (TPSA) is 84.9 Å². The number of fused-ring (bicyclic) bond motifs is 1. The second-order valence-electron chi connectivity index (χ2n) is 7.53. The van der Waals surface area contributed by atoms with E-state index in [0.29, 0.717) is 49.1 Å². The number of benzene rings is 2. The first-order chi connectivity index (χ1) is 15.0. The third kappa shape index (κ3) is 4.93. The number of thioether (sulfide) groups is 1. The Kier molecular flexibility index (Phi) is 6.62. The Morgan fingerprint density at radius 2 is 1.68 bits per heavy atom. The van der Waals surface area contributed by atoms with E-state index >= 15 is 0 Å². The van der Waals surface area contributed by atoms with E-state index in [1.807, 2.05) is 11.2 Å². The third-order valence-corrected chi connectivity index (χ3v) is 7.57. The van der Waals surface area contributed by atoms with Crippen molar-refractivity contribution in [2.24, 2.45) is 0 Å². The molecular formula is C22H26N2O5S2. The standard InChI is InChI=1S/C22H26N2O5S2/c1-30-21-9-7-17(15-18(21)22(25)24-10-4-2-3-5-11-24)31(26,27)23-16-6-8-19-20(14-16)29-13-12-28-19/h6-9,14-15,23H,2-5,10-13H2,1H3. The first kappa shape index (κ1) is 21.8. The molecule has 0 bridgehead atoms. The highest BCUT2D eigenvalue weighted by atomic mass is 32.2. The van der Waals surface area contributed by atoms with E-state index in [9.17, 15) is 13.2 Å². The van der Waals surface area contributed by atoms with Gasteiger partial charge in [-0.15, -0.1) is 11.8 Å². The van der Waals surface area contributed by atoms with Crippen LogP contribution < -0.4 is 14.2 Å². The van der Waals surface area contributed by atoms with Crippen LogP contribution in [0, 0.1) is 0 Å². The number of rotatable bonds is 5. The van der Waals surface area contributed by atoms with Crippen LogP contribution in [-0.4, -0.2) is 51.8 Å². The van der Waals surface area contributed by atoms with Gasteiger partial charge in [0.05, 0.1) is 16.1 Å². The molecule has 2 aliphatic rings. The molecule has 0 atom stereocenters. The molecule has 0 aliphatic carbocycles. The highest BCUT2D eigenvalue weighted by Gasteiger charge is 2.24. The number of hydrogen-bond donors (Lipinski definition) is 1. The zero-order chi connectivity index (χ0) is 21.8. The fraction of sp³-hybridized carbons (Fsp3) is 0.409. The maximum atomic E-state index is 13.2. The third-order valence-electron chi connectivity index (χ3n) is 5.40. The monoisotopic (exact) mass is 462 g/mol. The van der Waals surface area contributed by atoms with Gasteiger partial charge < -0.3 is 14.4 Å². The summed E-state index contributed by atoms with van der Waals surface area (Å²) in [6, 6.07) is 9.63. The number of ether oxygens (including phenoxy) is 2. The molecule has 0 saturated carbocycles. The summed E-state index contributed by atoms with van der Waals surface area (Å²) in [6.07, 6.45) is 6.07. The molecule has 2 aliphatic heterocycles. The summed E-state index contributed by atoms with van der Waals surface area (Å²) < 4.78 is 39.7. The highest BCUT2D eigenvalue weighted by Crippen LogP contribution is 2.34. The van der Waals surface area contributed by atoms with Crippen LogP contribution in [0.2, 0.25) is 0 Å². The van der Waals surface area contributed by atoms with E-state index in [2.05, 4.69) is 4.72 Å². The SMILES string of the molecule is CSc1ccc(S(=O)(=O)Nc2ccc3c(c2)OCCO3)cc1C(=O)N1CCCCCC1. The van der Waals surface area contributed by atoms with Gasteiger partial charge in [0.25, 0.3) is 15.9 Å². The summed E-state index contributed by atoms with van der Waals surface area (Å²) in [5, 5.41) is 0. The molecule has 1 amide bonds. The van der Waals surface area contributed by atoms with Crippen LogP contribution >= 0.6 is 11.8 Å². The number of carbonyl (C=O) groups is 1. The van der Waals surface area contributed by atoms with E-state index in [0.717, 1.165) is 30.6 Å². The Labute approximate surface area is 187 Å². The fourth-order valence-corrected chi connectivity index (χ4v) is 5.43. The van der Waals surface area contributed by atoms with Crippen molar-refractivity contribution in [2.45, 2.75) is 35.5 Å². The first-order valence-electron chi connectivity index (χ1n) is 10.4. The van der Waals surface area contributed by atoms with Crippen molar-refractivity contribution in [1.29, 1.82) is 0 Å². The largest absolute Gasteiger partial charge is 0.486 e. The highest BCUT2D eigenvalue weighted by molar-refractivity contribution is 7.98. The number of hydrogen-bond acceptors (Lipinski definition) is 6. The normalized spacial score (nSPS) is 16.5. The quantitative estimate of drug-likeness (QED) is 0.676. The van der Waals surface area contributed by atoms with Crippen LogP contribution in [0.5, 0.6) is 11.5 Å². The lowest BCUT2D eigenvalue weighted by atomic mass is 10.2. The molecule has 0 spiro atoms. The van der Waals surface area contributed by atoms with Crippen molar-refractivity contribution in [3.63, 3.8) is 0 Å². The van der Waals surface area contributed by atoms with Gasteiger partial charge in [-0.1, -0.05) is 12.8 Å². The van der Waals surface area contributed by atoms with E-state index in [1.54, 1.807) is 24.3 Å². The summed E-state index contributed by atoms with van der Waals surface area (Å²) in [5.41, 5.74) is 0.804. The number of anilines is 1. The molecule has 4 rings (SSSR count). The average molecular weight is 463 g/mol. The van der Waals surface area contributed by atoms with Gasteiger partial charge in [-0.05, 0) is 49.4 Å². The molecule has 7 nitrogen and oxygen atoms in total. The Bertz CT molecular complexity index is 1060. The number of likely N-dealkylation sites (tertiary alicyclic amines) is 1. The van der Waals surface area contributed by atoms with Crippen LogP contribution in [-0.2, 0) is 10.0 Å². The lowest BCUT2D eigenvalue weighted by Gasteiger charge is -2.22. The minimum atomic E-state index is -3.89. The lowest BCUT2D eigenvalue weighted by molar-refractivity contribution is 0.0758. The zero-order valence-corrected chi connectivity index (χ0v) is 19.1. The Morgan fingerprint density at radius 1 is 0.968 bits per heavy atom. The van der Waals surface area contributed by atoms with Crippen molar-refractivity contribution in [3.8, 4) is 11.5 Å². The van der Waals surface area contributed by atoms with Gasteiger partial charge in [-0.2, -0.15) is 0 Å². The molecule has 2 aromatic carbocycles.